The lowest BCUT2D eigenvalue weighted by molar-refractivity contribution is 0.426. The fourth-order valence-corrected chi connectivity index (χ4v) is 2.05. The van der Waals surface area contributed by atoms with Gasteiger partial charge in [-0.25, -0.2) is 0 Å². The molecule has 1 heterocycles. The zero-order valence-electron chi connectivity index (χ0n) is 6.50. The number of epoxide rings is 1. The summed E-state index contributed by atoms with van der Waals surface area (Å²) in [5.74, 6) is 1.08. The lowest BCUT2D eigenvalue weighted by Gasteiger charge is -1.98. The number of hydrogen-bond donors (Lipinski definition) is 0. The molecule has 0 unspecified atom stereocenters. The Bertz CT molecular complexity index is 256. The highest BCUT2D eigenvalue weighted by Gasteiger charge is 2.21. The van der Waals surface area contributed by atoms with Crippen molar-refractivity contribution in [2.24, 2.45) is 0 Å². The maximum Gasteiger partial charge on any atom is 0.0903 e. The molecule has 0 amide bonds. The van der Waals surface area contributed by atoms with Crippen LogP contribution in [0.5, 0.6) is 0 Å². The molecule has 0 bridgehead atoms. The first kappa shape index (κ1) is 8.60. The Hall–Kier alpha value is 0.01000. The van der Waals surface area contributed by atoms with Crippen molar-refractivity contribution in [1.82, 2.24) is 0 Å². The van der Waals surface area contributed by atoms with Crippen LogP contribution < -0.4 is 0 Å². The van der Waals surface area contributed by atoms with E-state index in [0.717, 1.165) is 16.8 Å². The molecular weight excluding hydrogens is 236 g/mol. The minimum Gasteiger partial charge on any atom is -0.372 e. The first-order chi connectivity index (χ1) is 5.84. The minimum atomic E-state index is 0.513. The van der Waals surface area contributed by atoms with Gasteiger partial charge in [-0.1, -0.05) is 15.9 Å². The molecule has 1 aliphatic rings. The Morgan fingerprint density at radius 1 is 1.42 bits per heavy atom. The molecule has 0 saturated carbocycles. The molecule has 1 aromatic rings. The molecule has 1 fully saturated rings. The zero-order valence-corrected chi connectivity index (χ0v) is 8.90. The van der Waals surface area contributed by atoms with E-state index in [1.807, 2.05) is 11.8 Å². The molecule has 1 saturated heterocycles. The molecule has 0 aliphatic carbocycles. The van der Waals surface area contributed by atoms with E-state index in [9.17, 15) is 0 Å². The minimum absolute atomic E-state index is 0.513. The monoisotopic (exact) mass is 244 g/mol. The Morgan fingerprint density at radius 2 is 2.08 bits per heavy atom. The summed E-state index contributed by atoms with van der Waals surface area (Å²) in [5.41, 5.74) is 0. The number of thioether (sulfide) groups is 1. The van der Waals surface area contributed by atoms with Gasteiger partial charge in [-0.3, -0.25) is 0 Å². The van der Waals surface area contributed by atoms with Crippen molar-refractivity contribution < 1.29 is 4.74 Å². The molecule has 3 heteroatoms. The van der Waals surface area contributed by atoms with Crippen LogP contribution in [0.2, 0.25) is 0 Å². The maximum atomic E-state index is 5.12. The molecular formula is C9H9BrOS. The van der Waals surface area contributed by atoms with Crippen LogP contribution in [0.1, 0.15) is 0 Å². The summed E-state index contributed by atoms with van der Waals surface area (Å²) in [6.07, 6.45) is 0.513. The summed E-state index contributed by atoms with van der Waals surface area (Å²) in [4.78, 5) is 1.31. The van der Waals surface area contributed by atoms with Crippen molar-refractivity contribution in [2.75, 3.05) is 12.4 Å². The average Bonchev–Trinajstić information content (AvgIpc) is 2.87. The summed E-state index contributed by atoms with van der Waals surface area (Å²) < 4.78 is 6.26. The zero-order chi connectivity index (χ0) is 8.39. The number of hydrogen-bond acceptors (Lipinski definition) is 2. The SMILES string of the molecule is Brc1ccc(SC[C@H]2CO2)cc1. The predicted octanol–water partition coefficient (Wildman–Crippen LogP) is 2.94. The van der Waals surface area contributed by atoms with Crippen LogP contribution in [0, 0.1) is 0 Å². The molecule has 0 radical (unpaired) electrons. The lowest BCUT2D eigenvalue weighted by Crippen LogP contribution is -1.87. The van der Waals surface area contributed by atoms with Crippen LogP contribution in [0.25, 0.3) is 0 Å². The van der Waals surface area contributed by atoms with Gasteiger partial charge in [0, 0.05) is 15.1 Å². The smallest absolute Gasteiger partial charge is 0.0903 e. The van der Waals surface area contributed by atoms with Gasteiger partial charge in [-0.2, -0.15) is 0 Å². The summed E-state index contributed by atoms with van der Waals surface area (Å²) in [6.45, 7) is 0.948. The fourth-order valence-electron chi connectivity index (χ4n) is 0.884. The van der Waals surface area contributed by atoms with Crippen LogP contribution in [-0.4, -0.2) is 18.5 Å². The Labute approximate surface area is 84.6 Å². The predicted molar refractivity (Wildman–Crippen MR) is 54.6 cm³/mol. The molecule has 12 heavy (non-hydrogen) atoms. The largest absolute Gasteiger partial charge is 0.372 e. The third kappa shape index (κ3) is 2.51. The van der Waals surface area contributed by atoms with Crippen molar-refractivity contribution in [1.29, 1.82) is 0 Å². The topological polar surface area (TPSA) is 12.5 Å². The third-order valence-corrected chi connectivity index (χ3v) is 3.32. The normalized spacial score (nSPS) is 20.9. The molecule has 0 aromatic heterocycles. The lowest BCUT2D eigenvalue weighted by atomic mass is 10.4. The van der Waals surface area contributed by atoms with Crippen LogP contribution in [-0.2, 0) is 4.74 Å². The first-order valence-corrected chi connectivity index (χ1v) is 5.62. The highest BCUT2D eigenvalue weighted by molar-refractivity contribution is 9.10. The van der Waals surface area contributed by atoms with Crippen molar-refractivity contribution >= 4 is 27.7 Å². The quantitative estimate of drug-likeness (QED) is 0.599. The summed E-state index contributed by atoms with van der Waals surface area (Å²) in [6, 6.07) is 8.38. The van der Waals surface area contributed by atoms with Gasteiger partial charge in [-0.05, 0) is 24.3 Å². The highest BCUT2D eigenvalue weighted by atomic mass is 79.9. The van der Waals surface area contributed by atoms with E-state index in [-0.39, 0.29) is 0 Å². The number of halogens is 1. The van der Waals surface area contributed by atoms with Gasteiger partial charge in [0.15, 0.2) is 0 Å². The second kappa shape index (κ2) is 3.81. The van der Waals surface area contributed by atoms with E-state index in [1.54, 1.807) is 0 Å². The Morgan fingerprint density at radius 3 is 2.67 bits per heavy atom. The van der Waals surface area contributed by atoms with Gasteiger partial charge in [-0.15, -0.1) is 11.8 Å². The van der Waals surface area contributed by atoms with Gasteiger partial charge in [0.2, 0.25) is 0 Å². The molecule has 1 aromatic carbocycles. The van der Waals surface area contributed by atoms with E-state index < -0.39 is 0 Å². The van der Waals surface area contributed by atoms with Crippen molar-refractivity contribution in [3.63, 3.8) is 0 Å². The second-order valence-electron chi connectivity index (χ2n) is 2.72. The Kier molecular flexibility index (Phi) is 2.73. The molecule has 1 aliphatic heterocycles. The van der Waals surface area contributed by atoms with Crippen LogP contribution in [0.15, 0.2) is 33.6 Å². The van der Waals surface area contributed by atoms with E-state index in [4.69, 9.17) is 4.74 Å². The number of rotatable bonds is 3. The summed E-state index contributed by atoms with van der Waals surface area (Å²) in [5, 5.41) is 0. The molecule has 2 rings (SSSR count). The summed E-state index contributed by atoms with van der Waals surface area (Å²) in [7, 11) is 0. The molecule has 0 N–H and O–H groups in total. The van der Waals surface area contributed by atoms with Crippen LogP contribution >= 0.6 is 27.7 Å². The Balaban J connectivity index is 1.89. The van der Waals surface area contributed by atoms with E-state index in [1.165, 1.54) is 4.90 Å². The first-order valence-electron chi connectivity index (χ1n) is 3.84. The van der Waals surface area contributed by atoms with Crippen molar-refractivity contribution in [2.45, 2.75) is 11.0 Å². The maximum absolute atomic E-state index is 5.12. The number of benzene rings is 1. The second-order valence-corrected chi connectivity index (χ2v) is 4.73. The van der Waals surface area contributed by atoms with Gasteiger partial charge < -0.3 is 4.74 Å². The fraction of sp³-hybridized carbons (Fsp3) is 0.333. The number of ether oxygens (including phenoxy) is 1. The van der Waals surface area contributed by atoms with Crippen LogP contribution in [0.3, 0.4) is 0 Å². The van der Waals surface area contributed by atoms with Gasteiger partial charge >= 0.3 is 0 Å². The molecule has 1 nitrogen and oxygen atoms in total. The third-order valence-electron chi connectivity index (χ3n) is 1.65. The molecule has 0 spiro atoms. The van der Waals surface area contributed by atoms with Gasteiger partial charge in [0.05, 0.1) is 12.7 Å². The van der Waals surface area contributed by atoms with Crippen LogP contribution in [0.4, 0.5) is 0 Å². The standard InChI is InChI=1S/C9H9BrOS/c10-7-1-3-9(4-2-7)12-6-8-5-11-8/h1-4,8H,5-6H2/t8-/m1/s1. The highest BCUT2D eigenvalue weighted by Crippen LogP contribution is 2.24. The van der Waals surface area contributed by atoms with Crippen molar-refractivity contribution in [3.8, 4) is 0 Å². The van der Waals surface area contributed by atoms with E-state index in [0.29, 0.717) is 6.10 Å². The molecule has 1 atom stereocenters. The van der Waals surface area contributed by atoms with Crippen molar-refractivity contribution in [3.05, 3.63) is 28.7 Å². The van der Waals surface area contributed by atoms with E-state index in [2.05, 4.69) is 40.2 Å². The van der Waals surface area contributed by atoms with Gasteiger partial charge in [0.1, 0.15) is 0 Å². The summed E-state index contributed by atoms with van der Waals surface area (Å²) >= 11 is 5.26. The van der Waals surface area contributed by atoms with E-state index >= 15 is 0 Å². The molecule has 64 valence electrons. The van der Waals surface area contributed by atoms with Gasteiger partial charge in [0.25, 0.3) is 0 Å². The average molecular weight is 245 g/mol.